The molecule has 0 amide bonds. The average molecular weight is 275 g/mol. The van der Waals surface area contributed by atoms with Gasteiger partial charge in [-0.2, -0.15) is 5.10 Å². The van der Waals surface area contributed by atoms with Gasteiger partial charge < -0.3 is 4.74 Å². The molecule has 1 aromatic carbocycles. The maximum Gasteiger partial charge on any atom is 0.270 e. The van der Waals surface area contributed by atoms with Crippen molar-refractivity contribution in [1.29, 1.82) is 0 Å². The van der Waals surface area contributed by atoms with Crippen LogP contribution < -0.4 is 4.74 Å². The topological polar surface area (TPSA) is 87.3 Å². The summed E-state index contributed by atoms with van der Waals surface area (Å²) in [6.07, 6.45) is 4.05. The van der Waals surface area contributed by atoms with Crippen molar-refractivity contribution >= 4 is 12.0 Å². The maximum absolute atomic E-state index is 10.9. The third kappa shape index (κ3) is 3.00. The van der Waals surface area contributed by atoms with E-state index in [2.05, 4.69) is 5.10 Å². The summed E-state index contributed by atoms with van der Waals surface area (Å²) in [6, 6.07) is 3.92. The highest BCUT2D eigenvalue weighted by Gasteiger charge is 2.11. The van der Waals surface area contributed by atoms with Gasteiger partial charge in [-0.1, -0.05) is 0 Å². The number of benzene rings is 1. The predicted octanol–water partition coefficient (Wildman–Crippen LogP) is 2.20. The van der Waals surface area contributed by atoms with E-state index in [1.165, 1.54) is 18.2 Å². The van der Waals surface area contributed by atoms with E-state index < -0.39 is 4.92 Å². The van der Waals surface area contributed by atoms with Crippen LogP contribution in [-0.2, 0) is 13.2 Å². The molecule has 1 heterocycles. The molecule has 0 saturated carbocycles. The Hall–Kier alpha value is -2.70. The van der Waals surface area contributed by atoms with E-state index in [0.717, 1.165) is 12.1 Å². The summed E-state index contributed by atoms with van der Waals surface area (Å²) in [6.45, 7) is 2.98. The van der Waals surface area contributed by atoms with Gasteiger partial charge in [0.05, 0.1) is 16.7 Å². The zero-order chi connectivity index (χ0) is 14.5. The van der Waals surface area contributed by atoms with Gasteiger partial charge in [-0.15, -0.1) is 0 Å². The fraction of sp³-hybridized carbons (Fsp3) is 0.231. The zero-order valence-corrected chi connectivity index (χ0v) is 10.9. The molecule has 0 radical (unpaired) electrons. The Labute approximate surface area is 114 Å². The molecule has 7 nitrogen and oxygen atoms in total. The van der Waals surface area contributed by atoms with Crippen LogP contribution in [0.4, 0.5) is 5.69 Å². The maximum atomic E-state index is 10.9. The van der Waals surface area contributed by atoms with E-state index in [4.69, 9.17) is 4.74 Å². The lowest BCUT2D eigenvalue weighted by molar-refractivity contribution is -0.384. The second kappa shape index (κ2) is 5.96. The molecule has 0 fully saturated rings. The van der Waals surface area contributed by atoms with Gasteiger partial charge in [-0.3, -0.25) is 19.6 Å². The smallest absolute Gasteiger partial charge is 0.270 e. The molecule has 1 aromatic heterocycles. The van der Waals surface area contributed by atoms with Crippen LogP contribution in [0.5, 0.6) is 5.75 Å². The van der Waals surface area contributed by atoms with Crippen LogP contribution in [-0.4, -0.2) is 21.0 Å². The molecule has 0 atom stereocenters. The number of ether oxygens (including phenoxy) is 1. The van der Waals surface area contributed by atoms with Gasteiger partial charge in [0.1, 0.15) is 12.4 Å². The largest absolute Gasteiger partial charge is 0.488 e. The van der Waals surface area contributed by atoms with E-state index in [9.17, 15) is 14.9 Å². The molecule has 20 heavy (non-hydrogen) atoms. The Morgan fingerprint density at radius 1 is 1.50 bits per heavy atom. The lowest BCUT2D eigenvalue weighted by Gasteiger charge is -2.06. The van der Waals surface area contributed by atoms with Crippen molar-refractivity contribution in [1.82, 2.24) is 9.78 Å². The standard InChI is InChI=1S/C13H13N3O4/c1-2-15-7-10(6-14-15)9-20-13-4-3-12(16(18)19)5-11(13)8-17/h3-8H,2,9H2,1H3. The summed E-state index contributed by atoms with van der Waals surface area (Å²) >= 11 is 0. The van der Waals surface area contributed by atoms with Gasteiger partial charge in [-0.05, 0) is 13.0 Å². The number of nitro benzene ring substituents is 1. The molecular formula is C13H13N3O4. The van der Waals surface area contributed by atoms with Gasteiger partial charge in [0, 0.05) is 30.4 Å². The van der Waals surface area contributed by atoms with Gasteiger partial charge in [0.15, 0.2) is 6.29 Å². The molecule has 7 heteroatoms. The summed E-state index contributed by atoms with van der Waals surface area (Å²) in [5, 5.41) is 14.7. The number of aldehydes is 1. The molecule has 0 N–H and O–H groups in total. The summed E-state index contributed by atoms with van der Waals surface area (Å²) in [5.41, 5.74) is 0.877. The highest BCUT2D eigenvalue weighted by molar-refractivity contribution is 5.80. The summed E-state index contributed by atoms with van der Waals surface area (Å²) in [7, 11) is 0. The van der Waals surface area contributed by atoms with Crippen LogP contribution >= 0.6 is 0 Å². The second-order valence-corrected chi connectivity index (χ2v) is 4.09. The Morgan fingerprint density at radius 2 is 2.30 bits per heavy atom. The Balaban J connectivity index is 2.12. The molecule has 104 valence electrons. The molecule has 0 aliphatic carbocycles. The number of hydrogen-bond donors (Lipinski definition) is 0. The normalized spacial score (nSPS) is 10.2. The first kappa shape index (κ1) is 13.7. The molecule has 0 unspecified atom stereocenters. The number of aromatic nitrogens is 2. The number of carbonyl (C=O) groups excluding carboxylic acids is 1. The zero-order valence-electron chi connectivity index (χ0n) is 10.9. The van der Waals surface area contributed by atoms with E-state index in [0.29, 0.717) is 12.0 Å². The minimum atomic E-state index is -0.554. The SMILES string of the molecule is CCn1cc(COc2ccc([N+](=O)[O-])cc2C=O)cn1. The van der Waals surface area contributed by atoms with Crippen molar-refractivity contribution in [3.05, 3.63) is 51.8 Å². The number of rotatable bonds is 6. The molecule has 0 spiro atoms. The number of nitrogens with zero attached hydrogens (tertiary/aromatic N) is 3. The molecule has 2 rings (SSSR count). The first-order valence-electron chi connectivity index (χ1n) is 6.01. The van der Waals surface area contributed by atoms with Crippen molar-refractivity contribution in [3.63, 3.8) is 0 Å². The Bertz CT molecular complexity index is 636. The van der Waals surface area contributed by atoms with Crippen LogP contribution in [0.3, 0.4) is 0 Å². The Morgan fingerprint density at radius 3 is 2.90 bits per heavy atom. The van der Waals surface area contributed by atoms with Crippen molar-refractivity contribution in [2.45, 2.75) is 20.1 Å². The second-order valence-electron chi connectivity index (χ2n) is 4.09. The van der Waals surface area contributed by atoms with E-state index in [1.54, 1.807) is 10.9 Å². The minimum absolute atomic E-state index is 0.141. The van der Waals surface area contributed by atoms with Crippen molar-refractivity contribution < 1.29 is 14.5 Å². The van der Waals surface area contributed by atoms with Crippen LogP contribution in [0.1, 0.15) is 22.8 Å². The number of carbonyl (C=O) groups is 1. The fourth-order valence-corrected chi connectivity index (χ4v) is 1.69. The lowest BCUT2D eigenvalue weighted by atomic mass is 10.2. The average Bonchev–Trinajstić information content (AvgIpc) is 2.92. The predicted molar refractivity (Wildman–Crippen MR) is 70.7 cm³/mol. The van der Waals surface area contributed by atoms with Crippen LogP contribution in [0.25, 0.3) is 0 Å². The Kier molecular flexibility index (Phi) is 4.09. The third-order valence-electron chi connectivity index (χ3n) is 2.74. The first-order valence-corrected chi connectivity index (χ1v) is 6.01. The number of aryl methyl sites for hydroxylation is 1. The highest BCUT2D eigenvalue weighted by atomic mass is 16.6. The van der Waals surface area contributed by atoms with E-state index >= 15 is 0 Å². The van der Waals surface area contributed by atoms with Gasteiger partial charge >= 0.3 is 0 Å². The highest BCUT2D eigenvalue weighted by Crippen LogP contribution is 2.23. The first-order chi connectivity index (χ1) is 9.63. The molecule has 2 aromatic rings. The van der Waals surface area contributed by atoms with Crippen LogP contribution in [0.2, 0.25) is 0 Å². The van der Waals surface area contributed by atoms with Gasteiger partial charge in [0.2, 0.25) is 0 Å². The summed E-state index contributed by atoms with van der Waals surface area (Å²) in [5.74, 6) is 0.315. The van der Waals surface area contributed by atoms with E-state index in [-0.39, 0.29) is 17.9 Å². The van der Waals surface area contributed by atoms with Crippen LogP contribution in [0.15, 0.2) is 30.6 Å². The molecule has 0 saturated heterocycles. The molecule has 0 bridgehead atoms. The summed E-state index contributed by atoms with van der Waals surface area (Å²) < 4.78 is 7.26. The van der Waals surface area contributed by atoms with Gasteiger partial charge in [-0.25, -0.2) is 0 Å². The van der Waals surface area contributed by atoms with Gasteiger partial charge in [0.25, 0.3) is 5.69 Å². The monoisotopic (exact) mass is 275 g/mol. The van der Waals surface area contributed by atoms with E-state index in [1.807, 2.05) is 13.1 Å². The fourth-order valence-electron chi connectivity index (χ4n) is 1.69. The third-order valence-corrected chi connectivity index (χ3v) is 2.74. The number of nitro groups is 1. The summed E-state index contributed by atoms with van der Waals surface area (Å²) in [4.78, 5) is 21.0. The van der Waals surface area contributed by atoms with Crippen molar-refractivity contribution in [2.75, 3.05) is 0 Å². The molecule has 0 aliphatic heterocycles. The number of non-ortho nitro benzene ring substituents is 1. The lowest BCUT2D eigenvalue weighted by Crippen LogP contribution is -1.99. The van der Waals surface area contributed by atoms with Crippen LogP contribution in [0, 0.1) is 10.1 Å². The van der Waals surface area contributed by atoms with Crippen molar-refractivity contribution in [3.8, 4) is 5.75 Å². The quantitative estimate of drug-likeness (QED) is 0.458. The van der Waals surface area contributed by atoms with Crippen molar-refractivity contribution in [2.24, 2.45) is 0 Å². The molecule has 0 aliphatic rings. The molecular weight excluding hydrogens is 262 g/mol. The minimum Gasteiger partial charge on any atom is -0.488 e. The number of hydrogen-bond acceptors (Lipinski definition) is 5.